The number of carbonyl (C=O) groups is 1. The molecule has 2 aromatic carbocycles. The van der Waals surface area contributed by atoms with Gasteiger partial charge in [-0.3, -0.25) is 9.58 Å². The summed E-state index contributed by atoms with van der Waals surface area (Å²) in [5.41, 5.74) is 0.843. The van der Waals surface area contributed by atoms with Crippen LogP contribution in [0.25, 0.3) is 10.9 Å². The molecule has 1 aliphatic heterocycles. The molecule has 0 saturated carbocycles. The number of carbonyl (C=O) groups excluding carboxylic acids is 1. The highest BCUT2D eigenvalue weighted by atomic mass is 19.1. The molecule has 3 aromatic rings. The molecule has 1 aromatic heterocycles. The summed E-state index contributed by atoms with van der Waals surface area (Å²) >= 11 is 0. The van der Waals surface area contributed by atoms with Crippen LogP contribution in [-0.2, 0) is 11.3 Å². The topological polar surface area (TPSA) is 77.8 Å². The van der Waals surface area contributed by atoms with E-state index in [0.29, 0.717) is 24.0 Å². The van der Waals surface area contributed by atoms with Crippen molar-refractivity contribution in [1.29, 1.82) is 0 Å². The van der Waals surface area contributed by atoms with E-state index in [2.05, 4.69) is 29.2 Å². The average Bonchev–Trinajstić information content (AvgIpc) is 3.20. The minimum absolute atomic E-state index is 0.271. The number of benzene rings is 2. The lowest BCUT2D eigenvalue weighted by molar-refractivity contribution is 0.0375. The van der Waals surface area contributed by atoms with Crippen molar-refractivity contribution in [3.05, 3.63) is 48.4 Å². The highest BCUT2D eigenvalue weighted by Crippen LogP contribution is 2.36. The summed E-state index contributed by atoms with van der Waals surface area (Å²) < 4.78 is 32.1. The lowest BCUT2D eigenvalue weighted by Gasteiger charge is -2.26. The summed E-state index contributed by atoms with van der Waals surface area (Å²) in [5.74, 6) is 1.11. The van der Waals surface area contributed by atoms with Crippen molar-refractivity contribution in [2.75, 3.05) is 39.4 Å². The van der Waals surface area contributed by atoms with Crippen molar-refractivity contribution in [3.8, 4) is 17.2 Å². The predicted molar refractivity (Wildman–Crippen MR) is 127 cm³/mol. The van der Waals surface area contributed by atoms with Gasteiger partial charge in [-0.15, -0.1) is 0 Å². The summed E-state index contributed by atoms with van der Waals surface area (Å²) in [5, 5.41) is 8.13. The molecule has 0 atom stereocenters. The Balaban J connectivity index is 1.46. The van der Waals surface area contributed by atoms with Crippen molar-refractivity contribution in [2.24, 2.45) is 5.92 Å². The van der Waals surface area contributed by atoms with Gasteiger partial charge in [0.2, 0.25) is 0 Å². The first-order valence-corrected chi connectivity index (χ1v) is 11.7. The third kappa shape index (κ3) is 6.45. The number of morpholine rings is 1. The average molecular weight is 471 g/mol. The number of ether oxygens (including phenoxy) is 3. The Morgan fingerprint density at radius 1 is 1.18 bits per heavy atom. The Labute approximate surface area is 198 Å². The highest BCUT2D eigenvalue weighted by Gasteiger charge is 2.17. The van der Waals surface area contributed by atoms with Gasteiger partial charge in [-0.25, -0.2) is 9.18 Å². The van der Waals surface area contributed by atoms with Gasteiger partial charge in [0.1, 0.15) is 11.6 Å². The quantitative estimate of drug-likeness (QED) is 0.466. The van der Waals surface area contributed by atoms with Gasteiger partial charge < -0.3 is 19.5 Å². The zero-order valence-corrected chi connectivity index (χ0v) is 19.6. The monoisotopic (exact) mass is 470 g/mol. The number of hydrogen-bond donors (Lipinski definition) is 1. The molecule has 1 aliphatic rings. The normalized spacial score (nSPS) is 14.5. The molecule has 0 spiro atoms. The van der Waals surface area contributed by atoms with Crippen LogP contribution in [0.15, 0.2) is 42.6 Å². The van der Waals surface area contributed by atoms with Crippen LogP contribution in [0.4, 0.5) is 9.18 Å². The minimum atomic E-state index is -0.555. The van der Waals surface area contributed by atoms with Gasteiger partial charge in [-0.05, 0) is 49.2 Å². The Kier molecular flexibility index (Phi) is 7.97. The van der Waals surface area contributed by atoms with Gasteiger partial charge in [0, 0.05) is 37.6 Å². The fourth-order valence-corrected chi connectivity index (χ4v) is 3.82. The second kappa shape index (κ2) is 11.3. The van der Waals surface area contributed by atoms with Gasteiger partial charge in [-0.2, -0.15) is 5.10 Å². The molecule has 4 rings (SSSR count). The molecule has 0 bridgehead atoms. The van der Waals surface area contributed by atoms with E-state index < -0.39 is 6.09 Å². The van der Waals surface area contributed by atoms with Crippen LogP contribution in [0.2, 0.25) is 0 Å². The zero-order valence-electron chi connectivity index (χ0n) is 19.6. The molecule has 8 nitrogen and oxygen atoms in total. The van der Waals surface area contributed by atoms with E-state index in [4.69, 9.17) is 14.2 Å². The number of rotatable bonds is 9. The molecule has 1 amide bonds. The number of amides is 1. The van der Waals surface area contributed by atoms with Crippen LogP contribution in [0.5, 0.6) is 17.2 Å². The zero-order chi connectivity index (χ0) is 23.9. The molecular formula is C25H31FN4O4. The molecule has 1 N–H and O–H groups in total. The number of fused-ring (bicyclic) bond motifs is 1. The maximum Gasteiger partial charge on any atom is 0.412 e. The largest absolute Gasteiger partial charge is 0.453 e. The van der Waals surface area contributed by atoms with Crippen LogP contribution in [0.3, 0.4) is 0 Å². The molecule has 0 unspecified atom stereocenters. The van der Waals surface area contributed by atoms with Crippen molar-refractivity contribution in [2.45, 2.75) is 26.8 Å². The Morgan fingerprint density at radius 2 is 1.94 bits per heavy atom. The first kappa shape index (κ1) is 24.0. The molecule has 0 aliphatic carbocycles. The number of hydrogen-bond acceptors (Lipinski definition) is 6. The van der Waals surface area contributed by atoms with Crippen LogP contribution in [0, 0.1) is 11.7 Å². The summed E-state index contributed by atoms with van der Waals surface area (Å²) in [6.45, 7) is 9.68. The maximum atomic E-state index is 13.3. The smallest absolute Gasteiger partial charge is 0.412 e. The first-order valence-electron chi connectivity index (χ1n) is 11.7. The lowest BCUT2D eigenvalue weighted by Crippen LogP contribution is -2.38. The van der Waals surface area contributed by atoms with Crippen LogP contribution in [-0.4, -0.2) is 60.2 Å². The number of nitrogens with one attached hydrogen (secondary N) is 1. The van der Waals surface area contributed by atoms with Crippen LogP contribution < -0.4 is 14.8 Å². The van der Waals surface area contributed by atoms with Crippen LogP contribution in [0.1, 0.15) is 20.3 Å². The molecule has 2 heterocycles. The van der Waals surface area contributed by atoms with Crippen molar-refractivity contribution in [1.82, 2.24) is 20.0 Å². The Bertz CT molecular complexity index is 1090. The predicted octanol–water partition coefficient (Wildman–Crippen LogP) is 4.43. The molecule has 1 fully saturated rings. The lowest BCUT2D eigenvalue weighted by atomic mass is 10.2. The van der Waals surface area contributed by atoms with E-state index in [1.807, 2.05) is 4.68 Å². The Hall–Kier alpha value is -3.17. The minimum Gasteiger partial charge on any atom is -0.453 e. The molecule has 1 saturated heterocycles. The van der Waals surface area contributed by atoms with Gasteiger partial charge in [0.15, 0.2) is 11.5 Å². The summed E-state index contributed by atoms with van der Waals surface area (Å²) in [7, 11) is 0. The Morgan fingerprint density at radius 3 is 2.68 bits per heavy atom. The van der Waals surface area contributed by atoms with E-state index in [0.717, 1.165) is 56.7 Å². The number of nitrogens with zero attached hydrogens (tertiary/aromatic N) is 3. The third-order valence-electron chi connectivity index (χ3n) is 5.51. The molecule has 34 heavy (non-hydrogen) atoms. The van der Waals surface area contributed by atoms with Gasteiger partial charge in [-0.1, -0.05) is 13.8 Å². The molecule has 9 heteroatoms. The molecule has 0 radical (unpaired) electrons. The second-order valence-corrected chi connectivity index (χ2v) is 8.76. The van der Waals surface area contributed by atoms with E-state index in [1.54, 1.807) is 18.3 Å². The summed E-state index contributed by atoms with van der Waals surface area (Å²) in [4.78, 5) is 14.9. The van der Waals surface area contributed by atoms with E-state index >= 15 is 0 Å². The molecular weight excluding hydrogens is 439 g/mol. The molecule has 182 valence electrons. The van der Waals surface area contributed by atoms with Gasteiger partial charge in [0.05, 0.1) is 24.9 Å². The SMILES string of the molecule is CC(C)Cn1ncc2cc(Oc3ccc(F)cc3)c(OC(=O)NCCCN3CCOCC3)cc21. The number of halogens is 1. The van der Waals surface area contributed by atoms with Crippen molar-refractivity contribution < 1.29 is 23.4 Å². The van der Waals surface area contributed by atoms with E-state index in [-0.39, 0.29) is 11.6 Å². The van der Waals surface area contributed by atoms with E-state index in [1.165, 1.54) is 24.3 Å². The summed E-state index contributed by atoms with van der Waals surface area (Å²) in [6, 6.07) is 9.22. The standard InChI is InChI=1S/C25H31FN4O4/c1-18(2)17-30-22-15-24(34-25(31)27-8-3-9-29-10-12-32-13-11-29)23(14-19(22)16-28-30)33-21-6-4-20(26)5-7-21/h4-7,14-16,18H,3,8-13,17H2,1-2H3,(H,27,31). The summed E-state index contributed by atoms with van der Waals surface area (Å²) in [6.07, 6.45) is 2.01. The second-order valence-electron chi connectivity index (χ2n) is 8.76. The van der Waals surface area contributed by atoms with Crippen molar-refractivity contribution >= 4 is 17.0 Å². The maximum absolute atomic E-state index is 13.3. The van der Waals surface area contributed by atoms with Crippen LogP contribution >= 0.6 is 0 Å². The highest BCUT2D eigenvalue weighted by molar-refractivity contribution is 5.84. The van der Waals surface area contributed by atoms with Crippen molar-refractivity contribution in [3.63, 3.8) is 0 Å². The first-order chi connectivity index (χ1) is 16.5. The third-order valence-corrected chi connectivity index (χ3v) is 5.51. The fourth-order valence-electron chi connectivity index (χ4n) is 3.82. The van der Waals surface area contributed by atoms with Gasteiger partial charge >= 0.3 is 6.09 Å². The fraction of sp³-hybridized carbons (Fsp3) is 0.440. The number of aromatic nitrogens is 2. The van der Waals surface area contributed by atoms with Gasteiger partial charge in [0.25, 0.3) is 0 Å². The van der Waals surface area contributed by atoms with E-state index in [9.17, 15) is 9.18 Å².